The standard InChI is InChI=1S/C17H14O2/c1-2-3-7-14-12-15(17(18)19)10-11-16(14)13-8-5-4-6-9-13/h4-6,8-12H,2H2,1H3,(H,18,19). The summed E-state index contributed by atoms with van der Waals surface area (Å²) in [6.07, 6.45) is 0.742. The first-order chi connectivity index (χ1) is 9.22. The van der Waals surface area contributed by atoms with Crippen LogP contribution in [0.3, 0.4) is 0 Å². The van der Waals surface area contributed by atoms with Gasteiger partial charge in [-0.05, 0) is 23.3 Å². The van der Waals surface area contributed by atoms with Crippen LogP contribution < -0.4 is 0 Å². The highest BCUT2D eigenvalue weighted by atomic mass is 16.4. The Labute approximate surface area is 112 Å². The fourth-order valence-electron chi connectivity index (χ4n) is 1.83. The topological polar surface area (TPSA) is 37.3 Å². The first-order valence-electron chi connectivity index (χ1n) is 6.14. The Bertz CT molecular complexity index is 646. The minimum atomic E-state index is -0.931. The Morgan fingerprint density at radius 1 is 1.16 bits per heavy atom. The maximum atomic E-state index is 11.0. The molecule has 0 aromatic heterocycles. The highest BCUT2D eigenvalue weighted by Gasteiger charge is 2.08. The molecule has 2 aromatic rings. The van der Waals surface area contributed by atoms with Crippen LogP contribution in [0.5, 0.6) is 0 Å². The van der Waals surface area contributed by atoms with Crippen molar-refractivity contribution in [2.45, 2.75) is 13.3 Å². The van der Waals surface area contributed by atoms with Gasteiger partial charge in [-0.15, -0.1) is 0 Å². The summed E-state index contributed by atoms with van der Waals surface area (Å²) in [6, 6.07) is 14.9. The molecule has 0 heterocycles. The van der Waals surface area contributed by atoms with E-state index in [0.717, 1.165) is 23.1 Å². The van der Waals surface area contributed by atoms with Gasteiger partial charge in [-0.25, -0.2) is 4.79 Å². The summed E-state index contributed by atoms with van der Waals surface area (Å²) in [5.74, 6) is 5.11. The maximum absolute atomic E-state index is 11.0. The molecule has 0 unspecified atom stereocenters. The van der Waals surface area contributed by atoms with Crippen LogP contribution in [0, 0.1) is 11.8 Å². The van der Waals surface area contributed by atoms with Crippen molar-refractivity contribution in [3.8, 4) is 23.0 Å². The molecule has 0 amide bonds. The highest BCUT2D eigenvalue weighted by Crippen LogP contribution is 2.24. The van der Waals surface area contributed by atoms with Crippen molar-refractivity contribution < 1.29 is 9.90 Å². The quantitative estimate of drug-likeness (QED) is 0.823. The lowest BCUT2D eigenvalue weighted by Gasteiger charge is -2.06. The van der Waals surface area contributed by atoms with Crippen LogP contribution in [0.2, 0.25) is 0 Å². The number of carbonyl (C=O) groups is 1. The molecule has 2 rings (SSSR count). The normalized spacial score (nSPS) is 9.53. The fourth-order valence-corrected chi connectivity index (χ4v) is 1.83. The molecule has 0 spiro atoms. The van der Waals surface area contributed by atoms with E-state index >= 15 is 0 Å². The molecule has 94 valence electrons. The Balaban J connectivity index is 2.57. The van der Waals surface area contributed by atoms with Gasteiger partial charge in [-0.1, -0.05) is 55.2 Å². The second-order valence-electron chi connectivity index (χ2n) is 4.09. The molecule has 0 atom stereocenters. The van der Waals surface area contributed by atoms with Gasteiger partial charge < -0.3 is 5.11 Å². The number of carboxylic acid groups (broad SMARTS) is 1. The maximum Gasteiger partial charge on any atom is 0.335 e. The molecule has 1 N–H and O–H groups in total. The van der Waals surface area contributed by atoms with Crippen molar-refractivity contribution >= 4 is 5.97 Å². The summed E-state index contributed by atoms with van der Waals surface area (Å²) < 4.78 is 0. The van der Waals surface area contributed by atoms with Crippen LogP contribution in [0.4, 0.5) is 0 Å². The summed E-state index contributed by atoms with van der Waals surface area (Å²) in [4.78, 5) is 11.0. The predicted octanol–water partition coefficient (Wildman–Crippen LogP) is 3.81. The van der Waals surface area contributed by atoms with Gasteiger partial charge in [-0.2, -0.15) is 0 Å². The number of benzene rings is 2. The lowest BCUT2D eigenvalue weighted by Crippen LogP contribution is -1.97. The smallest absolute Gasteiger partial charge is 0.335 e. The zero-order valence-electron chi connectivity index (χ0n) is 10.7. The number of rotatable bonds is 2. The van der Waals surface area contributed by atoms with Gasteiger partial charge in [0.15, 0.2) is 0 Å². The molecule has 2 heteroatoms. The minimum absolute atomic E-state index is 0.264. The first kappa shape index (κ1) is 12.9. The van der Waals surface area contributed by atoms with E-state index in [1.54, 1.807) is 12.1 Å². The van der Waals surface area contributed by atoms with Gasteiger partial charge in [0.2, 0.25) is 0 Å². The molecule has 0 aliphatic heterocycles. The van der Waals surface area contributed by atoms with E-state index in [0.29, 0.717) is 0 Å². The van der Waals surface area contributed by atoms with E-state index in [2.05, 4.69) is 11.8 Å². The largest absolute Gasteiger partial charge is 0.478 e. The second-order valence-corrected chi connectivity index (χ2v) is 4.09. The number of hydrogen-bond donors (Lipinski definition) is 1. The Morgan fingerprint density at radius 2 is 1.89 bits per heavy atom. The van der Waals surface area contributed by atoms with Gasteiger partial charge in [0.1, 0.15) is 0 Å². The summed E-state index contributed by atoms with van der Waals surface area (Å²) in [7, 11) is 0. The van der Waals surface area contributed by atoms with E-state index in [1.807, 2.05) is 43.3 Å². The molecular weight excluding hydrogens is 236 g/mol. The molecule has 2 nitrogen and oxygen atoms in total. The van der Waals surface area contributed by atoms with E-state index in [9.17, 15) is 4.79 Å². The summed E-state index contributed by atoms with van der Waals surface area (Å²) in [5, 5.41) is 9.05. The molecule has 0 bridgehead atoms. The van der Waals surface area contributed by atoms with Crippen LogP contribution in [0.1, 0.15) is 29.3 Å². The molecule has 0 fully saturated rings. The molecular formula is C17H14O2. The van der Waals surface area contributed by atoms with Crippen LogP contribution >= 0.6 is 0 Å². The zero-order valence-corrected chi connectivity index (χ0v) is 10.7. The third-order valence-corrected chi connectivity index (χ3v) is 2.75. The van der Waals surface area contributed by atoms with E-state index < -0.39 is 5.97 Å². The molecule has 0 aliphatic rings. The van der Waals surface area contributed by atoms with E-state index in [-0.39, 0.29) is 5.56 Å². The van der Waals surface area contributed by atoms with Gasteiger partial charge in [0.25, 0.3) is 0 Å². The van der Waals surface area contributed by atoms with Gasteiger partial charge >= 0.3 is 5.97 Å². The van der Waals surface area contributed by atoms with Gasteiger partial charge in [0.05, 0.1) is 5.56 Å². The van der Waals surface area contributed by atoms with Crippen LogP contribution in [0.15, 0.2) is 48.5 Å². The minimum Gasteiger partial charge on any atom is -0.478 e. The molecule has 0 aliphatic carbocycles. The summed E-state index contributed by atoms with van der Waals surface area (Å²) >= 11 is 0. The van der Waals surface area contributed by atoms with E-state index in [4.69, 9.17) is 5.11 Å². The third kappa shape index (κ3) is 3.02. The van der Waals surface area contributed by atoms with Crippen molar-refractivity contribution in [1.29, 1.82) is 0 Å². The first-order valence-corrected chi connectivity index (χ1v) is 6.14. The number of hydrogen-bond acceptors (Lipinski definition) is 1. The zero-order chi connectivity index (χ0) is 13.7. The van der Waals surface area contributed by atoms with Crippen LogP contribution in [-0.2, 0) is 0 Å². The van der Waals surface area contributed by atoms with Gasteiger partial charge in [-0.3, -0.25) is 0 Å². The van der Waals surface area contributed by atoms with Crippen molar-refractivity contribution in [2.24, 2.45) is 0 Å². The number of aromatic carboxylic acids is 1. The lowest BCUT2D eigenvalue weighted by atomic mass is 9.97. The van der Waals surface area contributed by atoms with E-state index in [1.165, 1.54) is 0 Å². The van der Waals surface area contributed by atoms with Crippen molar-refractivity contribution in [2.75, 3.05) is 0 Å². The second kappa shape index (κ2) is 5.88. The van der Waals surface area contributed by atoms with Crippen molar-refractivity contribution in [1.82, 2.24) is 0 Å². The average Bonchev–Trinajstić information content (AvgIpc) is 2.45. The van der Waals surface area contributed by atoms with Crippen molar-refractivity contribution in [3.63, 3.8) is 0 Å². The average molecular weight is 250 g/mol. The third-order valence-electron chi connectivity index (χ3n) is 2.75. The lowest BCUT2D eigenvalue weighted by molar-refractivity contribution is 0.0697. The molecule has 0 saturated carbocycles. The van der Waals surface area contributed by atoms with Crippen LogP contribution in [-0.4, -0.2) is 11.1 Å². The van der Waals surface area contributed by atoms with Crippen molar-refractivity contribution in [3.05, 3.63) is 59.7 Å². The number of carboxylic acids is 1. The molecule has 2 aromatic carbocycles. The van der Waals surface area contributed by atoms with Crippen LogP contribution in [0.25, 0.3) is 11.1 Å². The Morgan fingerprint density at radius 3 is 2.53 bits per heavy atom. The van der Waals surface area contributed by atoms with Gasteiger partial charge in [0, 0.05) is 12.0 Å². The monoisotopic (exact) mass is 250 g/mol. The Kier molecular flexibility index (Phi) is 4.00. The molecule has 0 saturated heterocycles. The fraction of sp³-hybridized carbons (Fsp3) is 0.118. The Hall–Kier alpha value is -2.53. The highest BCUT2D eigenvalue weighted by molar-refractivity contribution is 5.89. The molecule has 0 radical (unpaired) electrons. The SMILES string of the molecule is CCC#Cc1cc(C(=O)O)ccc1-c1ccccc1. The summed E-state index contributed by atoms with van der Waals surface area (Å²) in [5.41, 5.74) is 3.03. The summed E-state index contributed by atoms with van der Waals surface area (Å²) in [6.45, 7) is 1.97. The predicted molar refractivity (Wildman–Crippen MR) is 76.0 cm³/mol. The molecule has 19 heavy (non-hydrogen) atoms.